The van der Waals surface area contributed by atoms with Crippen LogP contribution in [0.2, 0.25) is 0 Å². The summed E-state index contributed by atoms with van der Waals surface area (Å²) in [5, 5.41) is 7.34. The fourth-order valence-corrected chi connectivity index (χ4v) is 4.72. The lowest BCUT2D eigenvalue weighted by Crippen LogP contribution is -2.27. The van der Waals surface area contributed by atoms with Crippen LogP contribution >= 0.6 is 15.9 Å². The SMILES string of the molecule is Cc1ccc(-c2cn3nc(NS(=O)(=O)c4cccc(Br)c4)ccc3n2)cc1NC(=O)C(C)(C)C. The molecule has 34 heavy (non-hydrogen) atoms. The van der Waals surface area contributed by atoms with Crippen molar-refractivity contribution in [3.8, 4) is 11.3 Å². The second-order valence-corrected chi connectivity index (χ2v) is 11.5. The van der Waals surface area contributed by atoms with E-state index in [2.05, 4.69) is 36.1 Å². The van der Waals surface area contributed by atoms with Crippen LogP contribution in [-0.2, 0) is 14.8 Å². The van der Waals surface area contributed by atoms with Crippen LogP contribution in [-0.4, -0.2) is 28.9 Å². The number of amides is 1. The van der Waals surface area contributed by atoms with Crippen molar-refractivity contribution < 1.29 is 13.2 Å². The minimum Gasteiger partial charge on any atom is -0.325 e. The molecule has 0 aliphatic heterocycles. The predicted molar refractivity (Wildman–Crippen MR) is 136 cm³/mol. The number of hydrogen-bond donors (Lipinski definition) is 2. The highest BCUT2D eigenvalue weighted by Gasteiger charge is 2.22. The zero-order valence-corrected chi connectivity index (χ0v) is 21.5. The van der Waals surface area contributed by atoms with Crippen molar-refractivity contribution in [3.63, 3.8) is 0 Å². The zero-order valence-electron chi connectivity index (χ0n) is 19.1. The third-order valence-electron chi connectivity index (χ3n) is 5.13. The lowest BCUT2D eigenvalue weighted by atomic mass is 9.95. The number of nitrogens with one attached hydrogen (secondary N) is 2. The molecule has 176 valence electrons. The first kappa shape index (κ1) is 23.9. The highest BCUT2D eigenvalue weighted by Crippen LogP contribution is 2.27. The molecule has 0 atom stereocenters. The number of sulfonamides is 1. The molecule has 0 fully saturated rings. The number of imidazole rings is 1. The summed E-state index contributed by atoms with van der Waals surface area (Å²) in [7, 11) is -3.80. The lowest BCUT2D eigenvalue weighted by molar-refractivity contribution is -0.123. The van der Waals surface area contributed by atoms with Gasteiger partial charge in [0.05, 0.1) is 16.8 Å². The molecule has 0 unspecified atom stereocenters. The van der Waals surface area contributed by atoms with Crippen molar-refractivity contribution in [2.75, 3.05) is 10.0 Å². The van der Waals surface area contributed by atoms with E-state index in [1.165, 1.54) is 16.6 Å². The summed E-state index contributed by atoms with van der Waals surface area (Å²) in [6.45, 7) is 7.50. The molecule has 8 nitrogen and oxygen atoms in total. The quantitative estimate of drug-likeness (QED) is 0.358. The molecule has 2 aromatic heterocycles. The summed E-state index contributed by atoms with van der Waals surface area (Å²) < 4.78 is 30.1. The number of carbonyl (C=O) groups excluding carboxylic acids is 1. The molecule has 10 heteroatoms. The Labute approximate surface area is 206 Å². The number of fused-ring (bicyclic) bond motifs is 1. The molecule has 2 aromatic carbocycles. The normalized spacial score (nSPS) is 12.0. The van der Waals surface area contributed by atoms with Gasteiger partial charge in [-0.2, -0.15) is 0 Å². The van der Waals surface area contributed by atoms with Crippen LogP contribution in [0.5, 0.6) is 0 Å². The van der Waals surface area contributed by atoms with Gasteiger partial charge in [0.15, 0.2) is 11.5 Å². The fraction of sp³-hybridized carbons (Fsp3) is 0.208. The van der Waals surface area contributed by atoms with Gasteiger partial charge in [0.1, 0.15) is 0 Å². The van der Waals surface area contributed by atoms with Crippen LogP contribution in [0.25, 0.3) is 16.9 Å². The Morgan fingerprint density at radius 3 is 2.53 bits per heavy atom. The van der Waals surface area contributed by atoms with E-state index in [4.69, 9.17) is 0 Å². The second kappa shape index (κ2) is 8.84. The van der Waals surface area contributed by atoms with Gasteiger partial charge in [-0.25, -0.2) is 17.9 Å². The van der Waals surface area contributed by atoms with Gasteiger partial charge in [0.25, 0.3) is 10.0 Å². The number of anilines is 2. The van der Waals surface area contributed by atoms with Crippen LogP contribution in [0.4, 0.5) is 11.5 Å². The maximum absolute atomic E-state index is 12.7. The average molecular weight is 542 g/mol. The Morgan fingerprint density at radius 2 is 1.82 bits per heavy atom. The molecule has 0 aliphatic carbocycles. The topological polar surface area (TPSA) is 105 Å². The number of benzene rings is 2. The van der Waals surface area contributed by atoms with Crippen molar-refractivity contribution in [3.05, 3.63) is 70.8 Å². The number of hydrogen-bond acceptors (Lipinski definition) is 5. The highest BCUT2D eigenvalue weighted by atomic mass is 79.9. The van der Waals surface area contributed by atoms with Gasteiger partial charge in [-0.1, -0.05) is 54.9 Å². The smallest absolute Gasteiger partial charge is 0.263 e. The van der Waals surface area contributed by atoms with Gasteiger partial charge < -0.3 is 5.32 Å². The number of aryl methyl sites for hydroxylation is 1. The van der Waals surface area contributed by atoms with Gasteiger partial charge in [0.2, 0.25) is 5.91 Å². The first-order valence-corrected chi connectivity index (χ1v) is 12.8. The summed E-state index contributed by atoms with van der Waals surface area (Å²) >= 11 is 3.29. The molecule has 0 saturated carbocycles. The van der Waals surface area contributed by atoms with Gasteiger partial charge in [-0.15, -0.1) is 5.10 Å². The number of nitrogens with zero attached hydrogens (tertiary/aromatic N) is 3. The molecular formula is C24H24BrN5O3S. The first-order chi connectivity index (χ1) is 15.9. The van der Waals surface area contributed by atoms with Gasteiger partial charge in [0, 0.05) is 21.1 Å². The Bertz CT molecular complexity index is 1510. The van der Waals surface area contributed by atoms with Crippen LogP contribution < -0.4 is 10.0 Å². The molecule has 0 bridgehead atoms. The predicted octanol–water partition coefficient (Wildman–Crippen LogP) is 5.25. The molecule has 1 amide bonds. The molecule has 0 spiro atoms. The van der Waals surface area contributed by atoms with E-state index >= 15 is 0 Å². The average Bonchev–Trinajstić information content (AvgIpc) is 3.17. The number of halogens is 1. The van der Waals surface area contributed by atoms with Gasteiger partial charge in [-0.05, 0) is 48.9 Å². The van der Waals surface area contributed by atoms with E-state index in [-0.39, 0.29) is 16.6 Å². The van der Waals surface area contributed by atoms with Gasteiger partial charge >= 0.3 is 0 Å². The molecular weight excluding hydrogens is 518 g/mol. The van der Waals surface area contributed by atoms with E-state index in [9.17, 15) is 13.2 Å². The van der Waals surface area contributed by atoms with Crippen molar-refractivity contribution in [2.24, 2.45) is 5.41 Å². The Kier molecular flexibility index (Phi) is 6.22. The maximum atomic E-state index is 12.7. The van der Waals surface area contributed by atoms with Crippen molar-refractivity contribution in [1.29, 1.82) is 0 Å². The molecule has 2 N–H and O–H groups in total. The minimum absolute atomic E-state index is 0.0770. The van der Waals surface area contributed by atoms with E-state index in [1.807, 2.05) is 45.9 Å². The van der Waals surface area contributed by atoms with Crippen LogP contribution in [0.3, 0.4) is 0 Å². The van der Waals surface area contributed by atoms with Crippen LogP contribution in [0.1, 0.15) is 26.3 Å². The monoisotopic (exact) mass is 541 g/mol. The Hall–Kier alpha value is -3.24. The molecule has 0 aliphatic rings. The minimum atomic E-state index is -3.80. The molecule has 4 aromatic rings. The van der Waals surface area contributed by atoms with Crippen molar-refractivity contribution >= 4 is 49.0 Å². The zero-order chi connectivity index (χ0) is 24.7. The third-order valence-corrected chi connectivity index (χ3v) is 6.97. The Balaban J connectivity index is 1.63. The number of carbonyl (C=O) groups is 1. The maximum Gasteiger partial charge on any atom is 0.263 e. The number of aromatic nitrogens is 3. The van der Waals surface area contributed by atoms with E-state index < -0.39 is 15.4 Å². The second-order valence-electron chi connectivity index (χ2n) is 8.94. The molecule has 2 heterocycles. The van der Waals surface area contributed by atoms with E-state index in [0.717, 1.165) is 11.1 Å². The van der Waals surface area contributed by atoms with Gasteiger partial charge in [-0.3, -0.25) is 9.52 Å². The van der Waals surface area contributed by atoms with Crippen LogP contribution in [0.15, 0.2) is 70.2 Å². The first-order valence-electron chi connectivity index (χ1n) is 10.5. The summed E-state index contributed by atoms with van der Waals surface area (Å²) in [5.41, 5.74) is 3.13. The summed E-state index contributed by atoms with van der Waals surface area (Å²) in [5.74, 6) is 0.0882. The molecule has 0 saturated heterocycles. The number of rotatable bonds is 5. The lowest BCUT2D eigenvalue weighted by Gasteiger charge is -2.19. The van der Waals surface area contributed by atoms with Crippen LogP contribution in [0, 0.1) is 12.3 Å². The van der Waals surface area contributed by atoms with E-state index in [1.54, 1.807) is 30.5 Å². The van der Waals surface area contributed by atoms with Crippen molar-refractivity contribution in [1.82, 2.24) is 14.6 Å². The van der Waals surface area contributed by atoms with E-state index in [0.29, 0.717) is 21.5 Å². The summed E-state index contributed by atoms with van der Waals surface area (Å²) in [4.78, 5) is 17.2. The highest BCUT2D eigenvalue weighted by molar-refractivity contribution is 9.10. The standard InChI is InChI=1S/C24H24BrN5O3S/c1-15-8-9-16(12-19(15)27-23(31)24(2,3)4)20-14-30-22(26-20)11-10-21(28-30)29-34(32,33)18-7-5-6-17(25)13-18/h5-14H,1-4H3,(H,27,31)(H,28,29). The fourth-order valence-electron chi connectivity index (χ4n) is 3.13. The third kappa shape index (κ3) is 5.13. The largest absolute Gasteiger partial charge is 0.325 e. The van der Waals surface area contributed by atoms with Crippen molar-refractivity contribution in [2.45, 2.75) is 32.6 Å². The Morgan fingerprint density at radius 1 is 1.06 bits per heavy atom. The summed E-state index contributed by atoms with van der Waals surface area (Å²) in [6.07, 6.45) is 1.71. The molecule has 0 radical (unpaired) electrons. The summed E-state index contributed by atoms with van der Waals surface area (Å²) in [6, 6.07) is 15.4. The molecule has 4 rings (SSSR count).